The van der Waals surface area contributed by atoms with Gasteiger partial charge in [0, 0.05) is 18.9 Å². The fraction of sp³-hybridized carbons (Fsp3) is 0.222. The number of nitrogens with one attached hydrogen (secondary N) is 2. The van der Waals surface area contributed by atoms with E-state index in [1.165, 1.54) is 17.9 Å². The highest BCUT2D eigenvalue weighted by Gasteiger charge is 2.19. The van der Waals surface area contributed by atoms with Crippen molar-refractivity contribution in [2.24, 2.45) is 0 Å². The van der Waals surface area contributed by atoms with Gasteiger partial charge in [0.2, 0.25) is 5.13 Å². The second kappa shape index (κ2) is 5.27. The largest absolute Gasteiger partial charge is 0.384 e. The molecule has 2 aromatic heterocycles. The average molecular weight is 285 g/mol. The van der Waals surface area contributed by atoms with Crippen LogP contribution < -0.4 is 10.0 Å². The van der Waals surface area contributed by atoms with Crippen LogP contribution in [0.4, 0.5) is 10.8 Å². The lowest BCUT2D eigenvalue weighted by Gasteiger charge is -2.10. The lowest BCUT2D eigenvalue weighted by molar-refractivity contribution is 0.601. The molecule has 0 aromatic carbocycles. The lowest BCUT2D eigenvalue weighted by atomic mass is 10.4. The molecule has 0 fully saturated rings. The van der Waals surface area contributed by atoms with Gasteiger partial charge in [0.15, 0.2) is 0 Å². The fourth-order valence-corrected chi connectivity index (χ4v) is 3.14. The standard InChI is InChI=1S/C9H11N5O2S2/c1-2-11-7-3-4-10-5-8(7)18(15,16)14-9-13-12-6-17-9/h3-6H,2H2,1H3,(H,10,11)(H,13,14). The lowest BCUT2D eigenvalue weighted by Crippen LogP contribution is -2.15. The second-order valence-electron chi connectivity index (χ2n) is 3.25. The molecule has 0 saturated heterocycles. The fourth-order valence-electron chi connectivity index (χ4n) is 1.32. The second-order valence-corrected chi connectivity index (χ2v) is 5.74. The van der Waals surface area contributed by atoms with E-state index in [4.69, 9.17) is 0 Å². The van der Waals surface area contributed by atoms with Gasteiger partial charge in [0.25, 0.3) is 10.0 Å². The summed E-state index contributed by atoms with van der Waals surface area (Å²) in [5.74, 6) is 0. The molecule has 0 unspecified atom stereocenters. The maximum Gasteiger partial charge on any atom is 0.267 e. The van der Waals surface area contributed by atoms with E-state index in [2.05, 4.69) is 25.2 Å². The molecule has 2 heterocycles. The van der Waals surface area contributed by atoms with Crippen molar-refractivity contribution in [2.75, 3.05) is 16.6 Å². The average Bonchev–Trinajstić information content (AvgIpc) is 2.82. The van der Waals surface area contributed by atoms with E-state index in [-0.39, 0.29) is 10.0 Å². The van der Waals surface area contributed by atoms with Gasteiger partial charge >= 0.3 is 0 Å². The summed E-state index contributed by atoms with van der Waals surface area (Å²) in [5, 5.41) is 10.4. The highest BCUT2D eigenvalue weighted by molar-refractivity contribution is 7.93. The minimum absolute atomic E-state index is 0.0852. The molecule has 0 radical (unpaired) electrons. The number of nitrogens with zero attached hydrogens (tertiary/aromatic N) is 3. The Kier molecular flexibility index (Phi) is 3.72. The van der Waals surface area contributed by atoms with Crippen LogP contribution in [0.15, 0.2) is 28.9 Å². The number of aromatic nitrogens is 3. The molecule has 0 saturated carbocycles. The first kappa shape index (κ1) is 12.7. The highest BCUT2D eigenvalue weighted by Crippen LogP contribution is 2.22. The van der Waals surface area contributed by atoms with E-state index in [1.54, 1.807) is 6.07 Å². The van der Waals surface area contributed by atoms with E-state index in [0.29, 0.717) is 12.2 Å². The van der Waals surface area contributed by atoms with Gasteiger partial charge in [0.05, 0.1) is 5.69 Å². The van der Waals surface area contributed by atoms with Gasteiger partial charge in [0.1, 0.15) is 10.4 Å². The molecule has 9 heteroatoms. The zero-order valence-corrected chi connectivity index (χ0v) is 11.1. The molecular weight excluding hydrogens is 274 g/mol. The molecular formula is C9H11N5O2S2. The Labute approximate surface area is 108 Å². The molecule has 0 aliphatic rings. The van der Waals surface area contributed by atoms with Crippen LogP contribution in [0.3, 0.4) is 0 Å². The van der Waals surface area contributed by atoms with Gasteiger partial charge in [-0.2, -0.15) is 0 Å². The van der Waals surface area contributed by atoms with Crippen molar-refractivity contribution < 1.29 is 8.42 Å². The summed E-state index contributed by atoms with van der Waals surface area (Å²) in [5.41, 5.74) is 1.95. The molecule has 0 amide bonds. The predicted octanol–water partition coefficient (Wildman–Crippen LogP) is 1.17. The molecule has 0 aliphatic heterocycles. The Morgan fingerprint density at radius 1 is 1.44 bits per heavy atom. The summed E-state index contributed by atoms with van der Waals surface area (Å²) in [4.78, 5) is 3.92. The maximum absolute atomic E-state index is 12.1. The molecule has 96 valence electrons. The molecule has 2 N–H and O–H groups in total. The van der Waals surface area contributed by atoms with Crippen LogP contribution in [0.25, 0.3) is 0 Å². The van der Waals surface area contributed by atoms with E-state index >= 15 is 0 Å². The molecule has 0 aliphatic carbocycles. The van der Waals surface area contributed by atoms with Crippen molar-refractivity contribution in [3.05, 3.63) is 24.0 Å². The van der Waals surface area contributed by atoms with Gasteiger partial charge in [-0.05, 0) is 13.0 Å². The quantitative estimate of drug-likeness (QED) is 0.855. The summed E-state index contributed by atoms with van der Waals surface area (Å²) in [6.07, 6.45) is 2.82. The van der Waals surface area contributed by atoms with Gasteiger partial charge < -0.3 is 5.32 Å². The summed E-state index contributed by atoms with van der Waals surface area (Å²) in [6.45, 7) is 2.50. The van der Waals surface area contributed by atoms with Crippen LogP contribution in [0, 0.1) is 0 Å². The number of anilines is 2. The Morgan fingerprint density at radius 2 is 2.28 bits per heavy atom. The molecule has 2 rings (SSSR count). The van der Waals surface area contributed by atoms with E-state index in [0.717, 1.165) is 11.3 Å². The summed E-state index contributed by atoms with van der Waals surface area (Å²) < 4.78 is 26.6. The van der Waals surface area contributed by atoms with Gasteiger partial charge in [-0.15, -0.1) is 10.2 Å². The zero-order valence-electron chi connectivity index (χ0n) is 9.49. The van der Waals surface area contributed by atoms with E-state index < -0.39 is 10.0 Å². The first-order valence-electron chi connectivity index (χ1n) is 5.10. The number of pyridine rings is 1. The van der Waals surface area contributed by atoms with Crippen LogP contribution in [0.1, 0.15) is 6.92 Å². The molecule has 0 spiro atoms. The molecule has 7 nitrogen and oxygen atoms in total. The summed E-state index contributed by atoms with van der Waals surface area (Å²) >= 11 is 1.11. The van der Waals surface area contributed by atoms with Crippen molar-refractivity contribution >= 4 is 32.2 Å². The Bertz CT molecular complexity index is 612. The first-order chi connectivity index (χ1) is 8.63. The van der Waals surface area contributed by atoms with Crippen molar-refractivity contribution in [3.63, 3.8) is 0 Å². The van der Waals surface area contributed by atoms with E-state index in [9.17, 15) is 8.42 Å². The number of hydrogen-bond donors (Lipinski definition) is 2. The van der Waals surface area contributed by atoms with Gasteiger partial charge in [-0.1, -0.05) is 11.3 Å². The summed E-state index contributed by atoms with van der Waals surface area (Å²) in [7, 11) is -3.70. The van der Waals surface area contributed by atoms with Crippen LogP contribution in [-0.2, 0) is 10.0 Å². The zero-order chi connectivity index (χ0) is 13.0. The first-order valence-corrected chi connectivity index (χ1v) is 7.46. The Morgan fingerprint density at radius 3 is 2.94 bits per heavy atom. The monoisotopic (exact) mass is 285 g/mol. The van der Waals surface area contributed by atoms with Gasteiger partial charge in [-0.25, -0.2) is 8.42 Å². The van der Waals surface area contributed by atoms with E-state index in [1.807, 2.05) is 6.92 Å². The Hall–Kier alpha value is -1.74. The molecule has 0 atom stereocenters. The maximum atomic E-state index is 12.1. The molecule has 0 bridgehead atoms. The van der Waals surface area contributed by atoms with Crippen molar-refractivity contribution in [2.45, 2.75) is 11.8 Å². The van der Waals surface area contributed by atoms with Crippen molar-refractivity contribution in [1.82, 2.24) is 15.2 Å². The van der Waals surface area contributed by atoms with Crippen LogP contribution in [0.2, 0.25) is 0 Å². The number of hydrogen-bond acceptors (Lipinski definition) is 7. The van der Waals surface area contributed by atoms with Crippen LogP contribution >= 0.6 is 11.3 Å². The van der Waals surface area contributed by atoms with Crippen LogP contribution in [-0.4, -0.2) is 30.1 Å². The third-order valence-electron chi connectivity index (χ3n) is 2.02. The van der Waals surface area contributed by atoms with Crippen molar-refractivity contribution in [1.29, 1.82) is 0 Å². The topological polar surface area (TPSA) is 96.9 Å². The third kappa shape index (κ3) is 2.74. The smallest absolute Gasteiger partial charge is 0.267 e. The minimum Gasteiger partial charge on any atom is -0.384 e. The van der Waals surface area contributed by atoms with Gasteiger partial charge in [-0.3, -0.25) is 9.71 Å². The predicted molar refractivity (Wildman–Crippen MR) is 69.1 cm³/mol. The van der Waals surface area contributed by atoms with Crippen molar-refractivity contribution in [3.8, 4) is 0 Å². The number of rotatable bonds is 5. The van der Waals surface area contributed by atoms with Crippen LogP contribution in [0.5, 0.6) is 0 Å². The normalized spacial score (nSPS) is 11.2. The minimum atomic E-state index is -3.70. The molecule has 2 aromatic rings. The SMILES string of the molecule is CCNc1ccncc1S(=O)(=O)Nc1nncs1. The third-order valence-corrected chi connectivity index (χ3v) is 4.13. The molecule has 18 heavy (non-hydrogen) atoms. The number of sulfonamides is 1. The summed E-state index contributed by atoms with van der Waals surface area (Å²) in [6, 6.07) is 1.61. The highest BCUT2D eigenvalue weighted by atomic mass is 32.2. The Balaban J connectivity index is 2.35.